The van der Waals surface area contributed by atoms with Crippen LogP contribution in [0.1, 0.15) is 10.4 Å². The molecule has 6 nitrogen and oxygen atoms in total. The summed E-state index contributed by atoms with van der Waals surface area (Å²) in [6.07, 6.45) is 0. The Morgan fingerprint density at radius 1 is 1.35 bits per heavy atom. The van der Waals surface area contributed by atoms with Crippen molar-refractivity contribution in [1.29, 1.82) is 0 Å². The van der Waals surface area contributed by atoms with Gasteiger partial charge in [0.05, 0.1) is 7.11 Å². The highest BCUT2D eigenvalue weighted by molar-refractivity contribution is 5.96. The number of aromatic carboxylic acids is 1. The molecule has 0 spiro atoms. The lowest BCUT2D eigenvalue weighted by Gasteiger charge is -2.03. The molecule has 0 aliphatic carbocycles. The number of aromatic hydroxyl groups is 1. The number of benzene rings is 1. The maximum atomic E-state index is 11.3. The molecule has 0 aliphatic heterocycles. The highest BCUT2D eigenvalue weighted by Crippen LogP contribution is 2.25. The lowest BCUT2D eigenvalue weighted by molar-refractivity contribution is 0.0694. The summed E-state index contributed by atoms with van der Waals surface area (Å²) in [6, 6.07) is 3.64. The summed E-state index contributed by atoms with van der Waals surface area (Å²) < 4.78 is 9.63. The predicted octanol–water partition coefficient (Wildman–Crippen LogP) is 1.21. The monoisotopic (exact) mass is 236 g/mol. The van der Waals surface area contributed by atoms with Gasteiger partial charge in [-0.2, -0.15) is 0 Å². The lowest BCUT2D eigenvalue weighted by Crippen LogP contribution is -2.04. The molecule has 17 heavy (non-hydrogen) atoms. The van der Waals surface area contributed by atoms with Crippen molar-refractivity contribution >= 4 is 16.9 Å². The highest BCUT2D eigenvalue weighted by atomic mass is 16.5. The average molecular weight is 236 g/mol. The molecule has 1 aromatic carbocycles. The number of fused-ring (bicyclic) bond motifs is 1. The summed E-state index contributed by atoms with van der Waals surface area (Å²) in [4.78, 5) is 22.1. The van der Waals surface area contributed by atoms with E-state index in [0.29, 0.717) is 5.39 Å². The zero-order chi connectivity index (χ0) is 12.6. The van der Waals surface area contributed by atoms with E-state index in [2.05, 4.69) is 0 Å². The number of carboxylic acid groups (broad SMARTS) is 1. The van der Waals surface area contributed by atoms with Gasteiger partial charge in [0.15, 0.2) is 0 Å². The van der Waals surface area contributed by atoms with Crippen molar-refractivity contribution in [2.45, 2.75) is 0 Å². The molecule has 0 amide bonds. The van der Waals surface area contributed by atoms with Crippen LogP contribution in [-0.2, 0) is 0 Å². The molecule has 6 heteroatoms. The van der Waals surface area contributed by atoms with Gasteiger partial charge in [0, 0.05) is 11.5 Å². The predicted molar refractivity (Wildman–Crippen MR) is 57.7 cm³/mol. The number of methoxy groups -OCH3 is 1. The third-order valence-corrected chi connectivity index (χ3v) is 2.27. The zero-order valence-corrected chi connectivity index (χ0v) is 8.76. The molecule has 2 N–H and O–H groups in total. The second-order valence-electron chi connectivity index (χ2n) is 3.31. The molecule has 2 rings (SSSR count). The molecule has 1 aromatic heterocycles. The van der Waals surface area contributed by atoms with Crippen molar-refractivity contribution < 1.29 is 24.2 Å². The van der Waals surface area contributed by atoms with E-state index in [1.807, 2.05) is 0 Å². The molecule has 2 aromatic rings. The van der Waals surface area contributed by atoms with Crippen molar-refractivity contribution in [2.75, 3.05) is 7.11 Å². The molecule has 0 fully saturated rings. The van der Waals surface area contributed by atoms with Crippen molar-refractivity contribution in [3.63, 3.8) is 0 Å². The average Bonchev–Trinajstić information content (AvgIpc) is 2.27. The second-order valence-corrected chi connectivity index (χ2v) is 3.31. The first-order chi connectivity index (χ1) is 8.02. The Hall–Kier alpha value is -2.50. The number of carbonyl (C=O) groups is 1. The van der Waals surface area contributed by atoms with Gasteiger partial charge >= 0.3 is 11.6 Å². The molecule has 0 unspecified atom stereocenters. The van der Waals surface area contributed by atoms with Crippen LogP contribution in [-0.4, -0.2) is 23.3 Å². The summed E-state index contributed by atoms with van der Waals surface area (Å²) >= 11 is 0. The number of ether oxygens (including phenoxy) is 1. The second kappa shape index (κ2) is 3.82. The van der Waals surface area contributed by atoms with Gasteiger partial charge < -0.3 is 19.4 Å². The van der Waals surface area contributed by atoms with E-state index in [1.54, 1.807) is 0 Å². The summed E-state index contributed by atoms with van der Waals surface area (Å²) in [6.45, 7) is 0. The van der Waals surface area contributed by atoms with Crippen LogP contribution in [0.5, 0.6) is 11.5 Å². The lowest BCUT2D eigenvalue weighted by atomic mass is 10.1. The van der Waals surface area contributed by atoms with E-state index in [4.69, 9.17) is 14.3 Å². The summed E-state index contributed by atoms with van der Waals surface area (Å²) in [7, 11) is 1.30. The van der Waals surface area contributed by atoms with Gasteiger partial charge in [-0.3, -0.25) is 0 Å². The first kappa shape index (κ1) is 11.0. The van der Waals surface area contributed by atoms with Crippen LogP contribution in [0.3, 0.4) is 0 Å². The summed E-state index contributed by atoms with van der Waals surface area (Å²) in [5, 5.41) is 18.6. The molecule has 88 valence electrons. The molecule has 0 aliphatic rings. The molecular formula is C11H8O6. The van der Waals surface area contributed by atoms with Gasteiger partial charge in [0.2, 0.25) is 5.75 Å². The van der Waals surface area contributed by atoms with Gasteiger partial charge in [-0.05, 0) is 12.1 Å². The molecule has 0 saturated carbocycles. The maximum Gasteiger partial charge on any atom is 0.379 e. The Balaban J connectivity index is 2.80. The topological polar surface area (TPSA) is 97.0 Å². The Morgan fingerprint density at radius 2 is 2.06 bits per heavy atom. The van der Waals surface area contributed by atoms with E-state index in [-0.39, 0.29) is 16.9 Å². The van der Waals surface area contributed by atoms with Gasteiger partial charge in [-0.25, -0.2) is 9.59 Å². The highest BCUT2D eigenvalue weighted by Gasteiger charge is 2.13. The van der Waals surface area contributed by atoms with Crippen LogP contribution in [0.4, 0.5) is 0 Å². The van der Waals surface area contributed by atoms with Crippen LogP contribution in [0.2, 0.25) is 0 Å². The molecule has 1 heterocycles. The molecule has 0 atom stereocenters. The molecule has 0 radical (unpaired) electrons. The van der Waals surface area contributed by atoms with Crippen molar-refractivity contribution in [1.82, 2.24) is 0 Å². The Bertz CT molecular complexity index is 655. The minimum Gasteiger partial charge on any atom is -0.507 e. The van der Waals surface area contributed by atoms with Gasteiger partial charge in [0.25, 0.3) is 0 Å². The van der Waals surface area contributed by atoms with Crippen LogP contribution >= 0.6 is 0 Å². The molecular weight excluding hydrogens is 228 g/mol. The number of phenols is 1. The normalized spacial score (nSPS) is 10.4. The van der Waals surface area contributed by atoms with Crippen LogP contribution in [0.25, 0.3) is 11.0 Å². The smallest absolute Gasteiger partial charge is 0.379 e. The number of hydrogen-bond acceptors (Lipinski definition) is 5. The standard InChI is InChI=1S/C11H8O6/c1-16-9-3-5-2-6(10(13)14)7(12)4-8(5)17-11(9)15/h2-4,12H,1H3,(H,13,14). The Labute approximate surface area is 94.7 Å². The van der Waals surface area contributed by atoms with Crippen molar-refractivity contribution in [3.05, 3.63) is 34.2 Å². The van der Waals surface area contributed by atoms with Crippen molar-refractivity contribution in [2.24, 2.45) is 0 Å². The van der Waals surface area contributed by atoms with E-state index >= 15 is 0 Å². The van der Waals surface area contributed by atoms with E-state index < -0.39 is 17.3 Å². The number of rotatable bonds is 2. The first-order valence-electron chi connectivity index (χ1n) is 4.61. The quantitative estimate of drug-likeness (QED) is 0.760. The van der Waals surface area contributed by atoms with Crippen LogP contribution < -0.4 is 10.4 Å². The van der Waals surface area contributed by atoms with E-state index in [0.717, 1.165) is 6.07 Å². The van der Waals surface area contributed by atoms with Crippen molar-refractivity contribution in [3.8, 4) is 11.5 Å². The van der Waals surface area contributed by atoms with Gasteiger partial charge in [-0.1, -0.05) is 0 Å². The van der Waals surface area contributed by atoms with E-state index in [9.17, 15) is 14.7 Å². The Kier molecular flexibility index (Phi) is 2.47. The van der Waals surface area contributed by atoms with Crippen LogP contribution in [0, 0.1) is 0 Å². The number of carboxylic acids is 1. The third-order valence-electron chi connectivity index (χ3n) is 2.27. The largest absolute Gasteiger partial charge is 0.507 e. The fraction of sp³-hybridized carbons (Fsp3) is 0.0909. The zero-order valence-electron chi connectivity index (χ0n) is 8.76. The fourth-order valence-electron chi connectivity index (χ4n) is 1.45. The molecule has 0 bridgehead atoms. The molecule has 0 saturated heterocycles. The minimum atomic E-state index is -1.27. The first-order valence-corrected chi connectivity index (χ1v) is 4.61. The minimum absolute atomic E-state index is 0.0282. The van der Waals surface area contributed by atoms with Crippen LogP contribution in [0.15, 0.2) is 27.4 Å². The Morgan fingerprint density at radius 3 is 2.65 bits per heavy atom. The third kappa shape index (κ3) is 1.80. The summed E-state index contributed by atoms with van der Waals surface area (Å²) in [5.74, 6) is -1.76. The van der Waals surface area contributed by atoms with Gasteiger partial charge in [0.1, 0.15) is 16.9 Å². The number of hydrogen-bond donors (Lipinski definition) is 2. The van der Waals surface area contributed by atoms with Gasteiger partial charge in [-0.15, -0.1) is 0 Å². The maximum absolute atomic E-state index is 11.3. The summed E-state index contributed by atoms with van der Waals surface area (Å²) in [5.41, 5.74) is -0.867. The fourth-order valence-corrected chi connectivity index (χ4v) is 1.45. The van der Waals surface area contributed by atoms with E-state index in [1.165, 1.54) is 19.2 Å². The SMILES string of the molecule is COc1cc2cc(C(=O)O)c(O)cc2oc1=O.